The van der Waals surface area contributed by atoms with Gasteiger partial charge in [-0.1, -0.05) is 42.5 Å². The Labute approximate surface area is 206 Å². The molecular weight excluding hydrogens is 440 g/mol. The third-order valence-corrected chi connectivity index (χ3v) is 6.83. The third-order valence-electron chi connectivity index (χ3n) is 6.83. The molecule has 2 saturated heterocycles. The van der Waals surface area contributed by atoms with Crippen LogP contribution in [0.2, 0.25) is 0 Å². The number of benzene rings is 2. The van der Waals surface area contributed by atoms with Gasteiger partial charge in [-0.25, -0.2) is 0 Å². The minimum absolute atomic E-state index is 0.0207. The van der Waals surface area contributed by atoms with Gasteiger partial charge >= 0.3 is 0 Å². The highest BCUT2D eigenvalue weighted by Crippen LogP contribution is 2.25. The van der Waals surface area contributed by atoms with Gasteiger partial charge in [0.15, 0.2) is 0 Å². The minimum atomic E-state index is -0.0207. The molecule has 10 nitrogen and oxygen atoms in total. The Morgan fingerprint density at radius 3 is 1.83 bits per heavy atom. The first-order valence-electron chi connectivity index (χ1n) is 12.3. The number of fused-ring (bicyclic) bond motifs is 1. The van der Waals surface area contributed by atoms with Crippen LogP contribution in [0.15, 0.2) is 42.5 Å². The van der Waals surface area contributed by atoms with Crippen molar-refractivity contribution in [2.45, 2.75) is 43.6 Å². The molecule has 2 aromatic carbocycles. The van der Waals surface area contributed by atoms with Crippen LogP contribution in [-0.4, -0.2) is 72.3 Å². The molecule has 8 N–H and O–H groups in total. The van der Waals surface area contributed by atoms with Gasteiger partial charge in [0.1, 0.15) is 0 Å². The molecule has 4 atom stereocenters. The lowest BCUT2D eigenvalue weighted by Crippen LogP contribution is -2.54. The van der Waals surface area contributed by atoms with Crippen molar-refractivity contribution in [3.05, 3.63) is 48.0 Å². The Balaban J connectivity index is 1.50. The maximum Gasteiger partial charge on any atom is 0.232 e. The number of aromatic nitrogens is 3. The van der Waals surface area contributed by atoms with Crippen LogP contribution in [0.25, 0.3) is 10.8 Å². The number of hydrogen-bond acceptors (Lipinski definition) is 10. The predicted molar refractivity (Wildman–Crippen MR) is 141 cm³/mol. The van der Waals surface area contributed by atoms with Gasteiger partial charge < -0.3 is 37.6 Å². The van der Waals surface area contributed by atoms with Gasteiger partial charge in [-0.3, -0.25) is 0 Å². The third kappa shape index (κ3) is 5.30. The zero-order chi connectivity index (χ0) is 24.5. The van der Waals surface area contributed by atoms with E-state index in [0.29, 0.717) is 50.6 Å². The summed E-state index contributed by atoms with van der Waals surface area (Å²) in [6.07, 6.45) is 1.58. The quantitative estimate of drug-likeness (QED) is 0.407. The van der Waals surface area contributed by atoms with Gasteiger partial charge in [0.2, 0.25) is 17.8 Å². The zero-order valence-corrected chi connectivity index (χ0v) is 20.3. The summed E-state index contributed by atoms with van der Waals surface area (Å²) in [5, 5.41) is 2.43. The molecule has 35 heavy (non-hydrogen) atoms. The van der Waals surface area contributed by atoms with Gasteiger partial charge in [-0.05, 0) is 29.2 Å². The van der Waals surface area contributed by atoms with Crippen molar-refractivity contribution in [1.82, 2.24) is 15.0 Å². The first-order chi connectivity index (χ1) is 16.9. The van der Waals surface area contributed by atoms with Crippen molar-refractivity contribution in [3.8, 4) is 0 Å². The smallest absolute Gasteiger partial charge is 0.232 e. The fraction of sp³-hybridized carbons (Fsp3) is 0.480. The fourth-order valence-electron chi connectivity index (χ4n) is 5.24. The monoisotopic (exact) mass is 476 g/mol. The number of nitrogens with zero attached hydrogens (tertiary/aromatic N) is 6. The van der Waals surface area contributed by atoms with Crippen LogP contribution >= 0.6 is 0 Å². The molecular formula is C25H36N10. The second-order valence-corrected chi connectivity index (χ2v) is 10.1. The van der Waals surface area contributed by atoms with Crippen molar-refractivity contribution in [3.63, 3.8) is 0 Å². The number of rotatable bonds is 5. The average molecular weight is 477 g/mol. The molecule has 186 valence electrons. The first kappa shape index (κ1) is 23.7. The lowest BCUT2D eigenvalue weighted by molar-refractivity contribution is 0.441. The van der Waals surface area contributed by atoms with E-state index in [0.717, 1.165) is 12.8 Å². The highest BCUT2D eigenvalue weighted by molar-refractivity contribution is 5.85. The van der Waals surface area contributed by atoms with Gasteiger partial charge in [-0.2, -0.15) is 15.0 Å². The second-order valence-electron chi connectivity index (χ2n) is 10.1. The standard InChI is InChI=1S/C25H36N10/c1-33(11-17-7-4-6-16-5-2-3-8-22(16)17)23-30-24(34-12-18(26)9-19(27)13-34)32-25(31-23)35-14-20(28)10-21(29)15-35/h2-8,18-21H,9-15,26-29H2,1H3. The van der Waals surface area contributed by atoms with Crippen LogP contribution in [-0.2, 0) is 6.54 Å². The lowest BCUT2D eigenvalue weighted by atomic mass is 10.0. The zero-order valence-electron chi connectivity index (χ0n) is 20.3. The van der Waals surface area contributed by atoms with Crippen molar-refractivity contribution in [2.75, 3.05) is 47.9 Å². The van der Waals surface area contributed by atoms with Gasteiger partial charge in [0.05, 0.1) is 0 Å². The molecule has 3 aromatic rings. The van der Waals surface area contributed by atoms with E-state index >= 15 is 0 Å². The molecule has 0 saturated carbocycles. The molecule has 10 heteroatoms. The van der Waals surface area contributed by atoms with Crippen LogP contribution in [0.4, 0.5) is 17.8 Å². The van der Waals surface area contributed by atoms with Gasteiger partial charge in [0.25, 0.3) is 0 Å². The normalized spacial score (nSPS) is 25.2. The Morgan fingerprint density at radius 1 is 0.743 bits per heavy atom. The van der Waals surface area contributed by atoms with Crippen LogP contribution < -0.4 is 37.6 Å². The Morgan fingerprint density at radius 2 is 1.26 bits per heavy atom. The molecule has 0 radical (unpaired) electrons. The summed E-state index contributed by atoms with van der Waals surface area (Å²) in [4.78, 5) is 20.8. The Bertz CT molecular complexity index is 1100. The molecule has 2 fully saturated rings. The van der Waals surface area contributed by atoms with E-state index in [1.54, 1.807) is 0 Å². The van der Waals surface area contributed by atoms with Crippen LogP contribution in [0.5, 0.6) is 0 Å². The van der Waals surface area contributed by atoms with Gasteiger partial charge in [0, 0.05) is 63.9 Å². The average Bonchev–Trinajstić information content (AvgIpc) is 2.83. The maximum atomic E-state index is 6.28. The second kappa shape index (κ2) is 9.90. The molecule has 2 aliphatic heterocycles. The molecule has 0 spiro atoms. The summed E-state index contributed by atoms with van der Waals surface area (Å²) in [7, 11) is 2.01. The number of nitrogens with two attached hydrogens (primary N) is 4. The lowest BCUT2D eigenvalue weighted by Gasteiger charge is -2.37. The van der Waals surface area contributed by atoms with Crippen molar-refractivity contribution in [2.24, 2.45) is 22.9 Å². The van der Waals surface area contributed by atoms with E-state index in [2.05, 4.69) is 57.2 Å². The summed E-state index contributed by atoms with van der Waals surface area (Å²) in [6.45, 7) is 3.28. The Kier molecular flexibility index (Phi) is 6.70. The van der Waals surface area contributed by atoms with Crippen LogP contribution in [0.3, 0.4) is 0 Å². The highest BCUT2D eigenvalue weighted by atomic mass is 15.4. The molecule has 0 aliphatic carbocycles. The molecule has 0 amide bonds. The topological polar surface area (TPSA) is 152 Å². The first-order valence-corrected chi connectivity index (χ1v) is 12.3. The van der Waals surface area contributed by atoms with Crippen molar-refractivity contribution in [1.29, 1.82) is 0 Å². The molecule has 4 unspecified atom stereocenters. The van der Waals surface area contributed by atoms with Crippen LogP contribution in [0.1, 0.15) is 18.4 Å². The molecule has 3 heterocycles. The fourth-order valence-corrected chi connectivity index (χ4v) is 5.24. The SMILES string of the molecule is CN(Cc1cccc2ccccc12)c1nc(N2CC(N)CC(N)C2)nc(N2CC(N)CC(N)C2)n1. The molecule has 2 aliphatic rings. The summed E-state index contributed by atoms with van der Waals surface area (Å²) in [5.74, 6) is 1.78. The summed E-state index contributed by atoms with van der Waals surface area (Å²) < 4.78 is 0. The van der Waals surface area contributed by atoms with E-state index in [1.165, 1.54) is 16.3 Å². The van der Waals surface area contributed by atoms with Crippen LogP contribution in [0, 0.1) is 0 Å². The number of anilines is 3. The Hall–Kier alpha value is -3.05. The highest BCUT2D eigenvalue weighted by Gasteiger charge is 2.29. The van der Waals surface area contributed by atoms with Crippen molar-refractivity contribution < 1.29 is 0 Å². The van der Waals surface area contributed by atoms with Gasteiger partial charge in [-0.15, -0.1) is 0 Å². The van der Waals surface area contributed by atoms with E-state index < -0.39 is 0 Å². The predicted octanol–water partition coefficient (Wildman–Crippen LogP) is 0.391. The summed E-state index contributed by atoms with van der Waals surface area (Å²) >= 11 is 0. The molecule has 5 rings (SSSR count). The largest absolute Gasteiger partial charge is 0.339 e. The molecule has 0 bridgehead atoms. The number of hydrogen-bond donors (Lipinski definition) is 4. The van der Waals surface area contributed by atoms with E-state index in [1.807, 2.05) is 7.05 Å². The van der Waals surface area contributed by atoms with E-state index in [-0.39, 0.29) is 24.2 Å². The van der Waals surface area contributed by atoms with Crippen molar-refractivity contribution >= 4 is 28.6 Å². The van der Waals surface area contributed by atoms with E-state index in [4.69, 9.17) is 37.9 Å². The van der Waals surface area contributed by atoms with E-state index in [9.17, 15) is 0 Å². The minimum Gasteiger partial charge on any atom is -0.339 e. The number of piperidine rings is 2. The molecule has 1 aromatic heterocycles. The summed E-state index contributed by atoms with van der Waals surface area (Å²) in [6, 6.07) is 14.7. The summed E-state index contributed by atoms with van der Waals surface area (Å²) in [5.41, 5.74) is 26.3. The maximum absolute atomic E-state index is 6.28.